The third kappa shape index (κ3) is 4.62. The molecule has 0 saturated carbocycles. The van der Waals surface area contributed by atoms with Gasteiger partial charge in [0.25, 0.3) is 0 Å². The molecule has 0 spiro atoms. The van der Waals surface area contributed by atoms with Crippen LogP contribution in [0, 0.1) is 5.82 Å². The smallest absolute Gasteiger partial charge is 0.415 e. The number of carbonyl (C=O) groups is 2. The average molecular weight is 283 g/mol. The normalized spacial score (nSPS) is 11.8. The number of amides is 2. The predicted molar refractivity (Wildman–Crippen MR) is 70.4 cm³/mol. The molecular formula is C14H18FNO4. The molecule has 1 rings (SSSR count). The molecule has 1 N–H and O–H groups in total. The number of rotatable bonds is 5. The zero-order valence-corrected chi connectivity index (χ0v) is 11.5. The molecule has 1 aromatic carbocycles. The van der Waals surface area contributed by atoms with E-state index in [1.54, 1.807) is 0 Å². The molecule has 110 valence electrons. The van der Waals surface area contributed by atoms with Crippen LogP contribution >= 0.6 is 0 Å². The standard InChI is InChI=1S/C14H18FNO4/c1-16(14(19)20-2)13(18)5-3-4-12(17)10-6-8-11(15)9-7-10/h6-9,12,17H,3-5H2,1-2H3. The summed E-state index contributed by atoms with van der Waals surface area (Å²) in [6.45, 7) is 0. The largest absolute Gasteiger partial charge is 0.452 e. The van der Waals surface area contributed by atoms with Crippen LogP contribution in [-0.2, 0) is 9.53 Å². The lowest BCUT2D eigenvalue weighted by Gasteiger charge is -2.14. The van der Waals surface area contributed by atoms with E-state index in [1.807, 2.05) is 0 Å². The topological polar surface area (TPSA) is 66.8 Å². The lowest BCUT2D eigenvalue weighted by Crippen LogP contribution is -2.32. The molecule has 0 aliphatic heterocycles. The van der Waals surface area contributed by atoms with E-state index in [9.17, 15) is 19.1 Å². The zero-order valence-electron chi connectivity index (χ0n) is 11.5. The van der Waals surface area contributed by atoms with Gasteiger partial charge in [0.1, 0.15) is 5.82 Å². The number of halogens is 1. The number of nitrogens with zero attached hydrogens (tertiary/aromatic N) is 1. The van der Waals surface area contributed by atoms with E-state index < -0.39 is 12.2 Å². The van der Waals surface area contributed by atoms with Gasteiger partial charge in [-0.15, -0.1) is 0 Å². The van der Waals surface area contributed by atoms with Gasteiger partial charge in [0.15, 0.2) is 0 Å². The number of aliphatic hydroxyl groups is 1. The molecule has 20 heavy (non-hydrogen) atoms. The van der Waals surface area contributed by atoms with Crippen molar-refractivity contribution in [3.8, 4) is 0 Å². The SMILES string of the molecule is COC(=O)N(C)C(=O)CCCC(O)c1ccc(F)cc1. The van der Waals surface area contributed by atoms with E-state index in [1.165, 1.54) is 38.4 Å². The molecule has 0 heterocycles. The van der Waals surface area contributed by atoms with E-state index in [0.717, 1.165) is 4.90 Å². The number of hydrogen-bond acceptors (Lipinski definition) is 4. The first-order chi connectivity index (χ1) is 9.45. The predicted octanol–water partition coefficient (Wildman–Crippen LogP) is 2.25. The summed E-state index contributed by atoms with van der Waals surface area (Å²) in [4.78, 5) is 23.6. The van der Waals surface area contributed by atoms with Gasteiger partial charge >= 0.3 is 6.09 Å². The van der Waals surface area contributed by atoms with Crippen molar-refractivity contribution in [2.45, 2.75) is 25.4 Å². The quantitative estimate of drug-likeness (QED) is 0.900. The Morgan fingerprint density at radius 3 is 2.50 bits per heavy atom. The third-order valence-electron chi connectivity index (χ3n) is 2.95. The van der Waals surface area contributed by atoms with Gasteiger partial charge < -0.3 is 9.84 Å². The summed E-state index contributed by atoms with van der Waals surface area (Å²) >= 11 is 0. The number of hydrogen-bond donors (Lipinski definition) is 1. The molecule has 0 radical (unpaired) electrons. The van der Waals surface area contributed by atoms with Crippen LogP contribution < -0.4 is 0 Å². The Labute approximate surface area is 117 Å². The molecule has 0 saturated heterocycles. The molecule has 0 bridgehead atoms. The maximum atomic E-state index is 12.7. The Kier molecular flexibility index (Phi) is 6.11. The first-order valence-corrected chi connectivity index (χ1v) is 6.23. The van der Waals surface area contributed by atoms with Crippen LogP contribution in [0.1, 0.15) is 30.9 Å². The van der Waals surface area contributed by atoms with Gasteiger partial charge in [-0.3, -0.25) is 9.69 Å². The maximum absolute atomic E-state index is 12.7. The molecule has 0 fully saturated rings. The summed E-state index contributed by atoms with van der Waals surface area (Å²) in [5.74, 6) is -0.737. The Hall–Kier alpha value is -1.95. The molecule has 5 nitrogen and oxygen atoms in total. The van der Waals surface area contributed by atoms with Crippen molar-refractivity contribution in [1.29, 1.82) is 0 Å². The molecule has 0 aliphatic rings. The van der Waals surface area contributed by atoms with E-state index in [4.69, 9.17) is 0 Å². The zero-order chi connectivity index (χ0) is 15.1. The third-order valence-corrected chi connectivity index (χ3v) is 2.95. The molecular weight excluding hydrogens is 265 g/mol. The minimum atomic E-state index is -0.758. The van der Waals surface area contributed by atoms with Crippen LogP contribution in [0.15, 0.2) is 24.3 Å². The Morgan fingerprint density at radius 2 is 1.95 bits per heavy atom. The molecule has 0 aromatic heterocycles. The minimum Gasteiger partial charge on any atom is -0.452 e. The highest BCUT2D eigenvalue weighted by atomic mass is 19.1. The number of imide groups is 1. The van der Waals surface area contributed by atoms with Crippen molar-refractivity contribution in [2.75, 3.05) is 14.2 Å². The highest BCUT2D eigenvalue weighted by molar-refractivity contribution is 5.91. The first kappa shape index (κ1) is 16.1. The summed E-state index contributed by atoms with van der Waals surface area (Å²) < 4.78 is 17.2. The van der Waals surface area contributed by atoms with Crippen molar-refractivity contribution in [1.82, 2.24) is 4.90 Å². The van der Waals surface area contributed by atoms with E-state index in [2.05, 4.69) is 4.74 Å². The van der Waals surface area contributed by atoms with Gasteiger partial charge in [-0.25, -0.2) is 9.18 Å². The van der Waals surface area contributed by atoms with Crippen LogP contribution in [0.3, 0.4) is 0 Å². The van der Waals surface area contributed by atoms with Gasteiger partial charge in [0.05, 0.1) is 13.2 Å². The van der Waals surface area contributed by atoms with Crippen LogP contribution in [0.4, 0.5) is 9.18 Å². The summed E-state index contributed by atoms with van der Waals surface area (Å²) in [7, 11) is 2.54. The minimum absolute atomic E-state index is 0.129. The van der Waals surface area contributed by atoms with Gasteiger partial charge in [-0.1, -0.05) is 12.1 Å². The van der Waals surface area contributed by atoms with Crippen molar-refractivity contribution in [2.24, 2.45) is 0 Å². The maximum Gasteiger partial charge on any atom is 0.415 e. The van der Waals surface area contributed by atoms with Gasteiger partial charge in [-0.2, -0.15) is 0 Å². The molecule has 0 aliphatic carbocycles. The Bertz CT molecular complexity index is 461. The van der Waals surface area contributed by atoms with E-state index in [0.29, 0.717) is 18.4 Å². The first-order valence-electron chi connectivity index (χ1n) is 6.23. The highest BCUT2D eigenvalue weighted by Gasteiger charge is 2.17. The second-order valence-electron chi connectivity index (χ2n) is 4.38. The fraction of sp³-hybridized carbons (Fsp3) is 0.429. The molecule has 6 heteroatoms. The number of benzene rings is 1. The van der Waals surface area contributed by atoms with Gasteiger partial charge in [0, 0.05) is 13.5 Å². The van der Waals surface area contributed by atoms with Crippen molar-refractivity contribution in [3.63, 3.8) is 0 Å². The monoisotopic (exact) mass is 283 g/mol. The lowest BCUT2D eigenvalue weighted by molar-refractivity contribution is -0.128. The van der Waals surface area contributed by atoms with Crippen LogP contribution in [0.25, 0.3) is 0 Å². The second-order valence-corrected chi connectivity index (χ2v) is 4.38. The van der Waals surface area contributed by atoms with Gasteiger partial charge in [-0.05, 0) is 30.5 Å². The number of carbonyl (C=O) groups excluding carboxylic acids is 2. The van der Waals surface area contributed by atoms with Crippen molar-refractivity contribution in [3.05, 3.63) is 35.6 Å². The highest BCUT2D eigenvalue weighted by Crippen LogP contribution is 2.19. The van der Waals surface area contributed by atoms with E-state index in [-0.39, 0.29) is 18.1 Å². The summed E-state index contributed by atoms with van der Waals surface area (Å²) in [5, 5.41) is 9.88. The molecule has 1 unspecified atom stereocenters. The van der Waals surface area contributed by atoms with Crippen molar-refractivity contribution < 1.29 is 23.8 Å². The summed E-state index contributed by atoms with van der Waals surface area (Å²) in [6.07, 6.45) is -0.574. The Morgan fingerprint density at radius 1 is 1.35 bits per heavy atom. The van der Waals surface area contributed by atoms with E-state index >= 15 is 0 Å². The van der Waals surface area contributed by atoms with Crippen LogP contribution in [0.2, 0.25) is 0 Å². The summed E-state index contributed by atoms with van der Waals surface area (Å²) in [6, 6.07) is 5.55. The number of methoxy groups -OCH3 is 1. The fourth-order valence-corrected chi connectivity index (χ4v) is 1.70. The van der Waals surface area contributed by atoms with Crippen LogP contribution in [0.5, 0.6) is 0 Å². The second kappa shape index (κ2) is 7.59. The van der Waals surface area contributed by atoms with Gasteiger partial charge in [0.2, 0.25) is 5.91 Å². The average Bonchev–Trinajstić information content (AvgIpc) is 2.45. The summed E-state index contributed by atoms with van der Waals surface area (Å²) in [5.41, 5.74) is 0.597. The fourth-order valence-electron chi connectivity index (χ4n) is 1.70. The molecule has 2 amide bonds. The number of aliphatic hydroxyl groups excluding tert-OH is 1. The van der Waals surface area contributed by atoms with Crippen LogP contribution in [-0.4, -0.2) is 36.2 Å². The molecule has 1 atom stereocenters. The van der Waals surface area contributed by atoms with Crippen molar-refractivity contribution >= 4 is 12.0 Å². The Balaban J connectivity index is 2.38. The molecule has 1 aromatic rings. The lowest BCUT2D eigenvalue weighted by atomic mass is 10.0. The number of ether oxygens (including phenoxy) is 1.